The van der Waals surface area contributed by atoms with Crippen molar-refractivity contribution in [2.45, 2.75) is 19.3 Å². The summed E-state index contributed by atoms with van der Waals surface area (Å²) in [5.74, 6) is -0.0454. The third kappa shape index (κ3) is 3.19. The first-order chi connectivity index (χ1) is 10.1. The van der Waals surface area contributed by atoms with Crippen LogP contribution in [0.2, 0.25) is 0 Å². The van der Waals surface area contributed by atoms with Crippen molar-refractivity contribution in [2.75, 3.05) is 0 Å². The summed E-state index contributed by atoms with van der Waals surface area (Å²) in [4.78, 5) is 17.2. The minimum Gasteiger partial charge on any atom is -0.312 e. The molecule has 1 saturated carbocycles. The lowest BCUT2D eigenvalue weighted by atomic mass is 10.1. The molecule has 21 heavy (non-hydrogen) atoms. The van der Waals surface area contributed by atoms with Crippen LogP contribution in [0.5, 0.6) is 0 Å². The fraction of sp³-hybridized carbons (Fsp3) is 0.250. The Kier molecular flexibility index (Phi) is 3.84. The summed E-state index contributed by atoms with van der Waals surface area (Å²) in [5.41, 5.74) is 1.90. The van der Waals surface area contributed by atoms with E-state index >= 15 is 0 Å². The van der Waals surface area contributed by atoms with Gasteiger partial charge in [0.15, 0.2) is 0 Å². The van der Waals surface area contributed by atoms with Crippen LogP contribution in [-0.2, 0) is 4.84 Å². The van der Waals surface area contributed by atoms with Crippen LogP contribution in [0.15, 0.2) is 46.9 Å². The highest BCUT2D eigenvalue weighted by Crippen LogP contribution is 2.48. The van der Waals surface area contributed by atoms with E-state index in [1.807, 2.05) is 12.3 Å². The minimum atomic E-state index is -0.427. The van der Waals surface area contributed by atoms with Crippen LogP contribution in [0.25, 0.3) is 0 Å². The van der Waals surface area contributed by atoms with Gasteiger partial charge in [0.25, 0.3) is 0 Å². The van der Waals surface area contributed by atoms with E-state index in [4.69, 9.17) is 4.84 Å². The molecule has 1 aromatic carbocycles. The Morgan fingerprint density at radius 2 is 2.10 bits per heavy atom. The molecule has 0 bridgehead atoms. The van der Waals surface area contributed by atoms with Gasteiger partial charge < -0.3 is 4.84 Å². The number of carbonyl (C=O) groups excluding carboxylic acids is 1. The van der Waals surface area contributed by atoms with Gasteiger partial charge >= 0.3 is 5.97 Å². The lowest BCUT2D eigenvalue weighted by Gasteiger charge is -2.01. The molecular weight excluding hydrogens is 289 g/mol. The Morgan fingerprint density at radius 3 is 2.76 bits per heavy atom. The van der Waals surface area contributed by atoms with Crippen molar-refractivity contribution in [3.63, 3.8) is 0 Å². The number of hydrogen-bond donors (Lipinski definition) is 0. The van der Waals surface area contributed by atoms with Crippen LogP contribution < -0.4 is 0 Å². The number of benzene rings is 1. The summed E-state index contributed by atoms with van der Waals surface area (Å²) in [5, 5.41) is 5.75. The Bertz CT molecular complexity index is 664. The number of nitrogens with zero attached hydrogens (tertiary/aromatic N) is 1. The van der Waals surface area contributed by atoms with E-state index in [1.54, 1.807) is 24.3 Å². The molecule has 3 nitrogen and oxygen atoms in total. The minimum absolute atomic E-state index is 0.230. The van der Waals surface area contributed by atoms with Crippen molar-refractivity contribution >= 4 is 23.0 Å². The molecule has 108 valence electrons. The molecule has 0 radical (unpaired) electrons. The lowest BCUT2D eigenvalue weighted by Crippen LogP contribution is -2.03. The molecule has 1 aromatic heterocycles. The topological polar surface area (TPSA) is 38.7 Å². The summed E-state index contributed by atoms with van der Waals surface area (Å²) in [7, 11) is 0. The molecule has 3 rings (SSSR count). The van der Waals surface area contributed by atoms with Gasteiger partial charge in [-0.25, -0.2) is 9.18 Å². The second-order valence-electron chi connectivity index (χ2n) is 5.09. The zero-order valence-electron chi connectivity index (χ0n) is 11.5. The van der Waals surface area contributed by atoms with Gasteiger partial charge in [-0.2, -0.15) is 0 Å². The normalized spacial score (nSPS) is 21.1. The third-order valence-corrected chi connectivity index (χ3v) is 4.47. The maximum atomic E-state index is 12.9. The van der Waals surface area contributed by atoms with Crippen molar-refractivity contribution < 1.29 is 14.0 Å². The Labute approximate surface area is 126 Å². The molecule has 2 aromatic rings. The summed E-state index contributed by atoms with van der Waals surface area (Å²) in [6.07, 6.45) is 0.956. The van der Waals surface area contributed by atoms with E-state index in [9.17, 15) is 9.18 Å². The molecule has 1 aliphatic carbocycles. The number of rotatable bonds is 4. The fourth-order valence-corrected chi connectivity index (χ4v) is 2.95. The predicted octanol–water partition coefficient (Wildman–Crippen LogP) is 4.22. The van der Waals surface area contributed by atoms with Crippen molar-refractivity contribution in [3.8, 4) is 0 Å². The van der Waals surface area contributed by atoms with Gasteiger partial charge in [-0.1, -0.05) is 23.4 Å². The van der Waals surface area contributed by atoms with E-state index in [-0.39, 0.29) is 11.7 Å². The number of oxime groups is 1. The van der Waals surface area contributed by atoms with Crippen LogP contribution in [-0.4, -0.2) is 11.7 Å². The molecule has 0 N–H and O–H groups in total. The van der Waals surface area contributed by atoms with E-state index in [1.165, 1.54) is 23.5 Å². The van der Waals surface area contributed by atoms with Gasteiger partial charge in [-0.3, -0.25) is 0 Å². The zero-order chi connectivity index (χ0) is 14.8. The van der Waals surface area contributed by atoms with Gasteiger partial charge in [0.05, 0.1) is 5.71 Å². The highest BCUT2D eigenvalue weighted by Gasteiger charge is 2.40. The van der Waals surface area contributed by atoms with Crippen molar-refractivity contribution in [1.29, 1.82) is 0 Å². The lowest BCUT2D eigenvalue weighted by molar-refractivity contribution is 0.0520. The number of halogens is 1. The predicted molar refractivity (Wildman–Crippen MR) is 80.1 cm³/mol. The van der Waals surface area contributed by atoms with E-state index < -0.39 is 5.97 Å². The Morgan fingerprint density at radius 1 is 1.33 bits per heavy atom. The first-order valence-corrected chi connectivity index (χ1v) is 7.58. The molecule has 1 heterocycles. The molecule has 0 aliphatic heterocycles. The van der Waals surface area contributed by atoms with Crippen molar-refractivity contribution in [3.05, 3.63) is 58.0 Å². The SMILES string of the molecule is CC(=NOC(=O)c1cccs1)[C@H]1C[C@H]1c1ccc(F)cc1. The average Bonchev–Trinajstić information content (AvgIpc) is 3.09. The second kappa shape index (κ2) is 5.77. The molecule has 0 unspecified atom stereocenters. The number of thiophene rings is 1. The molecular formula is C16H14FNO2S. The zero-order valence-corrected chi connectivity index (χ0v) is 12.3. The van der Waals surface area contributed by atoms with Crippen LogP contribution in [0.3, 0.4) is 0 Å². The highest BCUT2D eigenvalue weighted by atomic mass is 32.1. The maximum absolute atomic E-state index is 12.9. The van der Waals surface area contributed by atoms with Gasteiger partial charge in [0, 0.05) is 5.92 Å². The van der Waals surface area contributed by atoms with Gasteiger partial charge in [-0.05, 0) is 48.4 Å². The largest absolute Gasteiger partial charge is 0.375 e. The van der Waals surface area contributed by atoms with Gasteiger partial charge in [0.2, 0.25) is 0 Å². The second-order valence-corrected chi connectivity index (χ2v) is 6.04. The number of carbonyl (C=O) groups is 1. The summed E-state index contributed by atoms with van der Waals surface area (Å²) < 4.78 is 12.9. The molecule has 2 atom stereocenters. The summed E-state index contributed by atoms with van der Waals surface area (Å²) in [6, 6.07) is 10.0. The summed E-state index contributed by atoms with van der Waals surface area (Å²) >= 11 is 1.33. The first kappa shape index (κ1) is 13.9. The van der Waals surface area contributed by atoms with Gasteiger partial charge in [0.1, 0.15) is 10.7 Å². The smallest absolute Gasteiger partial charge is 0.312 e. The molecule has 0 spiro atoms. The molecule has 0 amide bonds. The fourth-order valence-electron chi connectivity index (χ4n) is 2.36. The quantitative estimate of drug-likeness (QED) is 0.482. The number of hydrogen-bond acceptors (Lipinski definition) is 4. The third-order valence-electron chi connectivity index (χ3n) is 3.62. The van der Waals surface area contributed by atoms with Crippen LogP contribution in [0, 0.1) is 11.7 Å². The summed E-state index contributed by atoms with van der Waals surface area (Å²) in [6.45, 7) is 1.86. The maximum Gasteiger partial charge on any atom is 0.375 e. The molecule has 0 saturated heterocycles. The monoisotopic (exact) mass is 303 g/mol. The highest BCUT2D eigenvalue weighted by molar-refractivity contribution is 7.11. The van der Waals surface area contributed by atoms with Crippen LogP contribution in [0.4, 0.5) is 4.39 Å². The first-order valence-electron chi connectivity index (χ1n) is 6.70. The molecule has 1 aliphatic rings. The standard InChI is InChI=1S/C16H14FNO2S/c1-10(18-20-16(19)15-3-2-8-21-15)13-9-14(13)11-4-6-12(17)7-5-11/h2-8,13-14H,9H2,1H3/t13-,14+/m1/s1. The Hall–Kier alpha value is -2.01. The van der Waals surface area contributed by atoms with Crippen LogP contribution in [0.1, 0.15) is 34.5 Å². The molecule has 1 fully saturated rings. The van der Waals surface area contributed by atoms with Crippen molar-refractivity contribution in [2.24, 2.45) is 11.1 Å². The van der Waals surface area contributed by atoms with E-state index in [0.717, 1.165) is 17.7 Å². The molecule has 5 heteroatoms. The van der Waals surface area contributed by atoms with Crippen LogP contribution >= 0.6 is 11.3 Å². The average molecular weight is 303 g/mol. The Balaban J connectivity index is 1.59. The van der Waals surface area contributed by atoms with Crippen molar-refractivity contribution in [1.82, 2.24) is 0 Å². The van der Waals surface area contributed by atoms with Gasteiger partial charge in [-0.15, -0.1) is 11.3 Å². The van der Waals surface area contributed by atoms with E-state index in [0.29, 0.717) is 10.8 Å². The van der Waals surface area contributed by atoms with E-state index in [2.05, 4.69) is 5.16 Å².